The third-order valence-corrected chi connectivity index (χ3v) is 7.91. The number of hydrogen-bond acceptors (Lipinski definition) is 5. The van der Waals surface area contributed by atoms with Crippen LogP contribution in [0.5, 0.6) is 0 Å². The Hall–Kier alpha value is -2.85. The molecule has 0 bridgehead atoms. The minimum Gasteiger partial charge on any atom is -0.302 e. The van der Waals surface area contributed by atoms with Crippen LogP contribution in [-0.2, 0) is 20.7 Å². The van der Waals surface area contributed by atoms with Gasteiger partial charge in [-0.15, -0.1) is 0 Å². The molecule has 31 heavy (non-hydrogen) atoms. The number of carbonyl (C=O) groups is 1. The molecule has 0 radical (unpaired) electrons. The minimum atomic E-state index is -3.98. The Kier molecular flexibility index (Phi) is 5.30. The van der Waals surface area contributed by atoms with Gasteiger partial charge in [-0.1, -0.05) is 35.6 Å². The average Bonchev–Trinajstić information content (AvgIpc) is 3.07. The van der Waals surface area contributed by atoms with Crippen LogP contribution in [0, 0.1) is 6.92 Å². The van der Waals surface area contributed by atoms with E-state index in [0.717, 1.165) is 4.31 Å². The summed E-state index contributed by atoms with van der Waals surface area (Å²) in [5.74, 6) is -3.45. The van der Waals surface area contributed by atoms with Gasteiger partial charge in [-0.3, -0.25) is 9.10 Å². The number of rotatable bonds is 4. The largest absolute Gasteiger partial charge is 0.302 e. The monoisotopic (exact) mass is 463 g/mol. The zero-order valence-corrected chi connectivity index (χ0v) is 18.4. The summed E-state index contributed by atoms with van der Waals surface area (Å²) in [7, 11) is -3.98. The molecule has 1 aliphatic rings. The number of halogens is 2. The van der Waals surface area contributed by atoms with Gasteiger partial charge in [-0.25, -0.2) is 22.2 Å². The van der Waals surface area contributed by atoms with E-state index >= 15 is 0 Å². The molecule has 2 heterocycles. The molecule has 1 aliphatic heterocycles. The summed E-state index contributed by atoms with van der Waals surface area (Å²) in [5, 5.41) is 2.97. The molecule has 0 saturated heterocycles. The summed E-state index contributed by atoms with van der Waals surface area (Å²) in [6, 6.07) is 12.1. The van der Waals surface area contributed by atoms with Gasteiger partial charge in [-0.2, -0.15) is 0 Å². The lowest BCUT2D eigenvalue weighted by molar-refractivity contribution is -0.114. The van der Waals surface area contributed by atoms with Gasteiger partial charge in [0.1, 0.15) is 0 Å². The minimum absolute atomic E-state index is 0.0342. The summed E-state index contributed by atoms with van der Waals surface area (Å²) in [6.07, 6.45) is -0.617. The second-order valence-corrected chi connectivity index (χ2v) is 10.1. The maximum absolute atomic E-state index is 14.8. The first kappa shape index (κ1) is 21.4. The highest BCUT2D eigenvalue weighted by Gasteiger charge is 2.43. The van der Waals surface area contributed by atoms with Crippen LogP contribution in [0.1, 0.15) is 24.6 Å². The van der Waals surface area contributed by atoms with Gasteiger partial charge in [0.15, 0.2) is 5.13 Å². The van der Waals surface area contributed by atoms with Gasteiger partial charge >= 0.3 is 0 Å². The number of sulfonamides is 1. The average molecular weight is 464 g/mol. The number of aryl methyl sites for hydroxylation is 1. The summed E-state index contributed by atoms with van der Waals surface area (Å²) in [4.78, 5) is 16.2. The Labute approximate surface area is 182 Å². The zero-order chi connectivity index (χ0) is 22.4. The molecule has 0 fully saturated rings. The number of fused-ring (bicyclic) bond motifs is 1. The van der Waals surface area contributed by atoms with Gasteiger partial charge in [0.2, 0.25) is 5.91 Å². The number of alkyl halides is 2. The Bertz CT molecular complexity index is 1260. The summed E-state index contributed by atoms with van der Waals surface area (Å²) in [6.45, 7) is 2.77. The molecule has 0 saturated carbocycles. The number of hydrogen-bond donors (Lipinski definition) is 1. The predicted molar refractivity (Wildman–Crippen MR) is 116 cm³/mol. The molecule has 2 aromatic carbocycles. The van der Waals surface area contributed by atoms with Crippen LogP contribution in [0.3, 0.4) is 0 Å². The molecule has 0 atom stereocenters. The number of nitrogens with zero attached hydrogens (tertiary/aromatic N) is 2. The molecule has 0 unspecified atom stereocenters. The van der Waals surface area contributed by atoms with E-state index < -0.39 is 22.4 Å². The van der Waals surface area contributed by atoms with Gasteiger partial charge in [0.25, 0.3) is 15.9 Å². The van der Waals surface area contributed by atoms with Gasteiger partial charge in [0, 0.05) is 25.5 Å². The topological polar surface area (TPSA) is 79.4 Å². The molecular weight excluding hydrogens is 444 g/mol. The van der Waals surface area contributed by atoms with Crippen LogP contribution in [0.15, 0.2) is 53.4 Å². The number of aromatic nitrogens is 1. The SMILES string of the molecule is CC(=O)Nc1nc(C)c(-c2ccc3c(c2)C(F)(F)CCN3S(=O)(=O)c2ccccc2)s1. The molecule has 1 N–H and O–H groups in total. The van der Waals surface area contributed by atoms with Crippen LogP contribution in [0.4, 0.5) is 19.6 Å². The smallest absolute Gasteiger partial charge is 0.277 e. The Balaban J connectivity index is 1.80. The number of amides is 1. The van der Waals surface area contributed by atoms with Crippen molar-refractivity contribution in [2.45, 2.75) is 31.1 Å². The van der Waals surface area contributed by atoms with Crippen LogP contribution in [0.2, 0.25) is 0 Å². The van der Waals surface area contributed by atoms with Crippen molar-refractivity contribution in [2.75, 3.05) is 16.2 Å². The standard InChI is InChI=1S/C21H19F2N3O3S2/c1-13-19(30-20(24-13)25-14(2)27)15-8-9-18-17(12-15)21(22,23)10-11-26(18)31(28,29)16-6-4-3-5-7-16/h3-9,12H,10-11H2,1-2H3,(H,24,25,27). The molecule has 0 aliphatic carbocycles. The van der Waals surface area contributed by atoms with Gasteiger partial charge in [0.05, 0.1) is 21.2 Å². The highest BCUT2D eigenvalue weighted by Crippen LogP contribution is 2.46. The lowest BCUT2D eigenvalue weighted by atomic mass is 9.96. The van der Waals surface area contributed by atoms with Crippen molar-refractivity contribution in [2.24, 2.45) is 0 Å². The number of nitrogens with one attached hydrogen (secondary N) is 1. The van der Waals surface area contributed by atoms with E-state index in [0.29, 0.717) is 21.3 Å². The van der Waals surface area contributed by atoms with Crippen LogP contribution in [-0.4, -0.2) is 25.9 Å². The van der Waals surface area contributed by atoms with Crippen molar-refractivity contribution in [1.29, 1.82) is 0 Å². The first-order chi connectivity index (χ1) is 14.6. The highest BCUT2D eigenvalue weighted by atomic mass is 32.2. The molecule has 1 aromatic heterocycles. The van der Waals surface area contributed by atoms with E-state index in [4.69, 9.17) is 0 Å². The molecule has 10 heteroatoms. The molecular formula is C21H19F2N3O3S2. The Morgan fingerprint density at radius 2 is 1.90 bits per heavy atom. The normalized spacial score (nSPS) is 15.4. The quantitative estimate of drug-likeness (QED) is 0.605. The zero-order valence-electron chi connectivity index (χ0n) is 16.7. The lowest BCUT2D eigenvalue weighted by Crippen LogP contribution is -2.40. The fraction of sp³-hybridized carbons (Fsp3) is 0.238. The number of anilines is 2. The number of benzene rings is 2. The molecule has 0 spiro atoms. The third-order valence-electron chi connectivity index (χ3n) is 4.96. The summed E-state index contributed by atoms with van der Waals surface area (Å²) >= 11 is 1.18. The van der Waals surface area contributed by atoms with E-state index in [1.807, 2.05) is 0 Å². The van der Waals surface area contributed by atoms with Crippen LogP contribution < -0.4 is 9.62 Å². The highest BCUT2D eigenvalue weighted by molar-refractivity contribution is 7.92. The molecule has 162 valence electrons. The maximum atomic E-state index is 14.8. The maximum Gasteiger partial charge on any atom is 0.277 e. The number of carbonyl (C=O) groups excluding carboxylic acids is 1. The van der Waals surface area contributed by atoms with E-state index in [-0.39, 0.29) is 28.6 Å². The molecule has 3 aromatic rings. The van der Waals surface area contributed by atoms with Crippen molar-refractivity contribution in [3.8, 4) is 10.4 Å². The molecule has 4 rings (SSSR count). The summed E-state index contributed by atoms with van der Waals surface area (Å²) < 4.78 is 56.9. The lowest BCUT2D eigenvalue weighted by Gasteiger charge is -2.35. The second kappa shape index (κ2) is 7.69. The van der Waals surface area contributed by atoms with Crippen molar-refractivity contribution in [1.82, 2.24) is 4.98 Å². The Morgan fingerprint density at radius 3 is 2.58 bits per heavy atom. The van der Waals surface area contributed by atoms with E-state index in [2.05, 4.69) is 10.3 Å². The van der Waals surface area contributed by atoms with Crippen molar-refractivity contribution in [3.05, 3.63) is 59.8 Å². The number of thiazole rings is 1. The van der Waals surface area contributed by atoms with E-state index in [1.165, 1.54) is 42.5 Å². The first-order valence-electron chi connectivity index (χ1n) is 9.45. The van der Waals surface area contributed by atoms with Gasteiger partial charge < -0.3 is 5.32 Å². The van der Waals surface area contributed by atoms with Crippen LogP contribution >= 0.6 is 11.3 Å². The van der Waals surface area contributed by atoms with Crippen molar-refractivity contribution < 1.29 is 22.0 Å². The van der Waals surface area contributed by atoms with E-state index in [9.17, 15) is 22.0 Å². The fourth-order valence-corrected chi connectivity index (χ4v) is 6.04. The Morgan fingerprint density at radius 1 is 1.19 bits per heavy atom. The van der Waals surface area contributed by atoms with E-state index in [1.54, 1.807) is 31.2 Å². The van der Waals surface area contributed by atoms with Gasteiger partial charge in [-0.05, 0) is 36.8 Å². The predicted octanol–water partition coefficient (Wildman–Crippen LogP) is 4.77. The fourth-order valence-electron chi connectivity index (χ4n) is 3.52. The van der Waals surface area contributed by atoms with Crippen molar-refractivity contribution >= 4 is 38.1 Å². The molecule has 6 nitrogen and oxygen atoms in total. The van der Waals surface area contributed by atoms with Crippen molar-refractivity contribution in [3.63, 3.8) is 0 Å². The third kappa shape index (κ3) is 3.92. The first-order valence-corrected chi connectivity index (χ1v) is 11.7. The molecule has 1 amide bonds. The summed E-state index contributed by atoms with van der Waals surface area (Å²) in [5.41, 5.74) is 0.698. The second-order valence-electron chi connectivity index (χ2n) is 7.19. The van der Waals surface area contributed by atoms with Crippen LogP contribution in [0.25, 0.3) is 10.4 Å².